The number of benzene rings is 1. The highest BCUT2D eigenvalue weighted by Gasteiger charge is 2.07. The molecule has 1 aromatic heterocycles. The minimum Gasteiger partial charge on any atom is -0.478 e. The number of rotatable bonds is 4. The molecule has 1 aromatic carbocycles. The molecule has 0 unspecified atom stereocenters. The molecule has 1 heterocycles. The van der Waals surface area contributed by atoms with Crippen LogP contribution in [0.5, 0.6) is 0 Å². The van der Waals surface area contributed by atoms with E-state index in [4.69, 9.17) is 5.11 Å². The van der Waals surface area contributed by atoms with Crippen molar-refractivity contribution in [2.24, 2.45) is 0 Å². The third-order valence-corrected chi connectivity index (χ3v) is 2.54. The van der Waals surface area contributed by atoms with Gasteiger partial charge in [-0.15, -0.1) is 0 Å². The molecular weight excluding hydrogens is 275 g/mol. The van der Waals surface area contributed by atoms with Gasteiger partial charge in [-0.2, -0.15) is 0 Å². The Morgan fingerprint density at radius 3 is 2.57 bits per heavy atom. The molecule has 5 nitrogen and oxygen atoms in total. The predicted molar refractivity (Wildman–Crippen MR) is 75.3 cm³/mol. The van der Waals surface area contributed by atoms with Crippen LogP contribution in [0, 0.1) is 5.82 Å². The Morgan fingerprint density at radius 2 is 1.90 bits per heavy atom. The van der Waals surface area contributed by atoms with E-state index in [1.807, 2.05) is 0 Å². The van der Waals surface area contributed by atoms with E-state index in [0.29, 0.717) is 11.3 Å². The highest BCUT2D eigenvalue weighted by molar-refractivity contribution is 6.04. The maximum atomic E-state index is 12.8. The molecule has 0 saturated carbocycles. The Bertz CT molecular complexity index is 696. The summed E-state index contributed by atoms with van der Waals surface area (Å²) in [6, 6.07) is 6.86. The van der Waals surface area contributed by atoms with Gasteiger partial charge in [0.2, 0.25) is 0 Å². The van der Waals surface area contributed by atoms with E-state index >= 15 is 0 Å². The average molecular weight is 286 g/mol. The first kappa shape index (κ1) is 14.4. The van der Waals surface area contributed by atoms with Crippen LogP contribution in [-0.2, 0) is 4.79 Å². The fourth-order valence-electron chi connectivity index (χ4n) is 1.58. The summed E-state index contributed by atoms with van der Waals surface area (Å²) in [7, 11) is 0. The molecule has 1 amide bonds. The number of amides is 1. The zero-order chi connectivity index (χ0) is 15.2. The van der Waals surface area contributed by atoms with Crippen LogP contribution in [0.3, 0.4) is 0 Å². The van der Waals surface area contributed by atoms with E-state index in [1.165, 1.54) is 48.8 Å². The van der Waals surface area contributed by atoms with Crippen LogP contribution in [0.4, 0.5) is 10.1 Å². The lowest BCUT2D eigenvalue weighted by atomic mass is 10.2. The largest absolute Gasteiger partial charge is 0.478 e. The highest BCUT2D eigenvalue weighted by atomic mass is 19.1. The summed E-state index contributed by atoms with van der Waals surface area (Å²) in [6.45, 7) is 0. The molecule has 2 N–H and O–H groups in total. The second-order valence-corrected chi connectivity index (χ2v) is 4.14. The molecule has 0 radical (unpaired) electrons. The Balaban J connectivity index is 2.14. The molecule has 2 rings (SSSR count). The molecule has 0 atom stereocenters. The summed E-state index contributed by atoms with van der Waals surface area (Å²) in [5, 5.41) is 11.1. The summed E-state index contributed by atoms with van der Waals surface area (Å²) in [6.07, 6.45) is 5.09. The second-order valence-electron chi connectivity index (χ2n) is 4.14. The number of carboxylic acid groups (broad SMARTS) is 1. The molecular formula is C15H11FN2O3. The third kappa shape index (κ3) is 4.24. The molecule has 0 aliphatic heterocycles. The Morgan fingerprint density at radius 1 is 1.19 bits per heavy atom. The van der Waals surface area contributed by atoms with Crippen molar-refractivity contribution in [1.82, 2.24) is 4.98 Å². The van der Waals surface area contributed by atoms with Crippen LogP contribution >= 0.6 is 0 Å². The molecule has 21 heavy (non-hydrogen) atoms. The minimum atomic E-state index is -1.09. The third-order valence-electron chi connectivity index (χ3n) is 2.54. The number of aromatic nitrogens is 1. The van der Waals surface area contributed by atoms with Crippen LogP contribution in [0.25, 0.3) is 6.08 Å². The summed E-state index contributed by atoms with van der Waals surface area (Å²) in [4.78, 5) is 26.3. The highest BCUT2D eigenvalue weighted by Crippen LogP contribution is 2.11. The van der Waals surface area contributed by atoms with Gasteiger partial charge in [0.25, 0.3) is 5.91 Å². The standard InChI is InChI=1S/C15H11FN2O3/c16-12-2-4-13(5-3-12)18-15(21)11-7-10(8-17-9-11)1-6-14(19)20/h1-9H,(H,18,21)(H,19,20). The topological polar surface area (TPSA) is 79.3 Å². The number of aliphatic carboxylic acids is 1. The van der Waals surface area contributed by atoms with Crippen molar-refractivity contribution >= 4 is 23.6 Å². The van der Waals surface area contributed by atoms with E-state index in [-0.39, 0.29) is 5.56 Å². The summed E-state index contributed by atoms with van der Waals surface area (Å²) < 4.78 is 12.8. The fraction of sp³-hybridized carbons (Fsp3) is 0. The Kier molecular flexibility index (Phi) is 4.40. The van der Waals surface area contributed by atoms with Gasteiger partial charge in [0.1, 0.15) is 5.82 Å². The molecule has 0 saturated heterocycles. The molecule has 0 spiro atoms. The van der Waals surface area contributed by atoms with E-state index in [1.54, 1.807) is 0 Å². The van der Waals surface area contributed by atoms with E-state index in [9.17, 15) is 14.0 Å². The number of carbonyl (C=O) groups excluding carboxylic acids is 1. The van der Waals surface area contributed by atoms with E-state index < -0.39 is 17.7 Å². The van der Waals surface area contributed by atoms with Crippen LogP contribution in [0.15, 0.2) is 48.8 Å². The van der Waals surface area contributed by atoms with E-state index in [0.717, 1.165) is 6.08 Å². The maximum Gasteiger partial charge on any atom is 0.328 e. The smallest absolute Gasteiger partial charge is 0.328 e. The van der Waals surface area contributed by atoms with Gasteiger partial charge in [-0.05, 0) is 42.0 Å². The van der Waals surface area contributed by atoms with Gasteiger partial charge in [0.05, 0.1) is 5.56 Å². The van der Waals surface area contributed by atoms with Crippen LogP contribution in [-0.4, -0.2) is 22.0 Å². The summed E-state index contributed by atoms with van der Waals surface area (Å²) in [5.74, 6) is -1.90. The van der Waals surface area contributed by atoms with Crippen molar-refractivity contribution in [1.29, 1.82) is 0 Å². The number of nitrogens with one attached hydrogen (secondary N) is 1. The van der Waals surface area contributed by atoms with Gasteiger partial charge in [-0.25, -0.2) is 9.18 Å². The number of carboxylic acids is 1. The van der Waals surface area contributed by atoms with Gasteiger partial charge in [0, 0.05) is 24.2 Å². The maximum absolute atomic E-state index is 12.8. The SMILES string of the molecule is O=C(O)C=Cc1cncc(C(=O)Nc2ccc(F)cc2)c1. The van der Waals surface area contributed by atoms with Gasteiger partial charge in [0.15, 0.2) is 0 Å². The molecule has 0 aliphatic rings. The molecule has 106 valence electrons. The number of nitrogens with zero attached hydrogens (tertiary/aromatic N) is 1. The first-order valence-electron chi connectivity index (χ1n) is 5.97. The van der Waals surface area contributed by atoms with Gasteiger partial charge < -0.3 is 10.4 Å². The zero-order valence-corrected chi connectivity index (χ0v) is 10.8. The Hall–Kier alpha value is -3.02. The average Bonchev–Trinajstić information content (AvgIpc) is 2.48. The zero-order valence-electron chi connectivity index (χ0n) is 10.8. The molecule has 0 fully saturated rings. The first-order chi connectivity index (χ1) is 10.0. The van der Waals surface area contributed by atoms with Crippen molar-refractivity contribution in [3.05, 3.63) is 65.7 Å². The quantitative estimate of drug-likeness (QED) is 0.847. The van der Waals surface area contributed by atoms with Crippen molar-refractivity contribution in [3.63, 3.8) is 0 Å². The van der Waals surface area contributed by atoms with E-state index in [2.05, 4.69) is 10.3 Å². The van der Waals surface area contributed by atoms with Crippen molar-refractivity contribution in [2.45, 2.75) is 0 Å². The summed E-state index contributed by atoms with van der Waals surface area (Å²) in [5.41, 5.74) is 1.21. The molecule has 0 aliphatic carbocycles. The minimum absolute atomic E-state index is 0.270. The van der Waals surface area contributed by atoms with Crippen molar-refractivity contribution in [2.75, 3.05) is 5.32 Å². The fourth-order valence-corrected chi connectivity index (χ4v) is 1.58. The number of carbonyl (C=O) groups is 2. The lowest BCUT2D eigenvalue weighted by Crippen LogP contribution is -2.12. The number of hydrogen-bond acceptors (Lipinski definition) is 3. The first-order valence-corrected chi connectivity index (χ1v) is 5.97. The normalized spacial score (nSPS) is 10.5. The summed E-state index contributed by atoms with van der Waals surface area (Å²) >= 11 is 0. The lowest BCUT2D eigenvalue weighted by molar-refractivity contribution is -0.131. The second kappa shape index (κ2) is 6.42. The number of pyridine rings is 1. The van der Waals surface area contributed by atoms with Crippen LogP contribution in [0.2, 0.25) is 0 Å². The van der Waals surface area contributed by atoms with Crippen LogP contribution in [0.1, 0.15) is 15.9 Å². The Labute approximate surface area is 119 Å². The van der Waals surface area contributed by atoms with Crippen LogP contribution < -0.4 is 5.32 Å². The van der Waals surface area contributed by atoms with Gasteiger partial charge in [-0.3, -0.25) is 9.78 Å². The predicted octanol–water partition coefficient (Wildman–Crippen LogP) is 2.57. The number of anilines is 1. The van der Waals surface area contributed by atoms with Gasteiger partial charge in [-0.1, -0.05) is 0 Å². The lowest BCUT2D eigenvalue weighted by Gasteiger charge is -2.05. The van der Waals surface area contributed by atoms with Crippen molar-refractivity contribution < 1.29 is 19.1 Å². The molecule has 2 aromatic rings. The van der Waals surface area contributed by atoms with Gasteiger partial charge >= 0.3 is 5.97 Å². The van der Waals surface area contributed by atoms with Crippen molar-refractivity contribution in [3.8, 4) is 0 Å². The number of halogens is 1. The molecule has 6 heteroatoms. The number of hydrogen-bond donors (Lipinski definition) is 2. The monoisotopic (exact) mass is 286 g/mol. The molecule has 0 bridgehead atoms.